The molecule has 0 heterocycles. The van der Waals surface area contributed by atoms with Crippen LogP contribution in [0.5, 0.6) is 0 Å². The Labute approximate surface area is 73.3 Å². The average Bonchev–Trinajstić information content (AvgIpc) is 2.06. The largest absolute Gasteiger partial charge is 0.402 e. The third-order valence-corrected chi connectivity index (χ3v) is 1.74. The number of unbranched alkanes of at least 4 members (excludes halogenated alkanes) is 1. The van der Waals surface area contributed by atoms with E-state index in [1.807, 2.05) is 0 Å². The Balaban J connectivity index is 0. The van der Waals surface area contributed by atoms with E-state index in [4.69, 9.17) is 8.85 Å². The summed E-state index contributed by atoms with van der Waals surface area (Å²) in [6.07, 6.45) is 3.73. The first-order valence-electron chi connectivity index (χ1n) is 4.40. The first-order chi connectivity index (χ1) is 5.33. The predicted octanol–water partition coefficient (Wildman–Crippen LogP) is 1.86. The van der Waals surface area contributed by atoms with Gasteiger partial charge in [-0.15, -0.1) is 0 Å². The van der Waals surface area contributed by atoms with Gasteiger partial charge in [-0.2, -0.15) is 0 Å². The lowest BCUT2D eigenvalue weighted by molar-refractivity contribution is 0.256. The normalized spacial score (nSPS) is 9.82. The molecule has 0 saturated heterocycles. The fraction of sp³-hybridized carbons (Fsp3) is 1.00. The first kappa shape index (κ1) is 13.7. The molecule has 0 rings (SSSR count). The standard InChI is InChI=1S/C4H12O2Si.C4H10/c1-3-4-6-7-5-2;1-3-4-2/h3-4,7H2,1-2H3;3-4H2,1-2H3. The summed E-state index contributed by atoms with van der Waals surface area (Å²) in [7, 11) is 1.09. The van der Waals surface area contributed by atoms with Gasteiger partial charge in [0.2, 0.25) is 0 Å². The molecule has 0 N–H and O–H groups in total. The van der Waals surface area contributed by atoms with Crippen molar-refractivity contribution in [3.63, 3.8) is 0 Å². The lowest BCUT2D eigenvalue weighted by Gasteiger charge is -1.95. The van der Waals surface area contributed by atoms with Crippen molar-refractivity contribution < 1.29 is 8.85 Å². The van der Waals surface area contributed by atoms with Crippen LogP contribution in [0, 0.1) is 0 Å². The molecule has 0 aliphatic rings. The fourth-order valence-electron chi connectivity index (χ4n) is 0.287. The Bertz CT molecular complexity index is 45.4. The number of hydrogen-bond donors (Lipinski definition) is 0. The third kappa shape index (κ3) is 25.4. The van der Waals surface area contributed by atoms with E-state index in [0.29, 0.717) is 0 Å². The lowest BCUT2D eigenvalue weighted by Crippen LogP contribution is -2.00. The lowest BCUT2D eigenvalue weighted by atomic mass is 10.4. The van der Waals surface area contributed by atoms with Crippen LogP contribution < -0.4 is 0 Å². The van der Waals surface area contributed by atoms with Crippen LogP contribution in [0.25, 0.3) is 0 Å². The molecular formula is C8H22O2Si. The Morgan fingerprint density at radius 2 is 1.55 bits per heavy atom. The zero-order valence-corrected chi connectivity index (χ0v) is 9.77. The van der Waals surface area contributed by atoms with Crippen molar-refractivity contribution >= 4 is 10.0 Å². The summed E-state index contributed by atoms with van der Waals surface area (Å²) in [5, 5.41) is 0. The van der Waals surface area contributed by atoms with Gasteiger partial charge in [0.1, 0.15) is 0 Å². The maximum Gasteiger partial charge on any atom is 0.304 e. The van der Waals surface area contributed by atoms with Gasteiger partial charge in [-0.05, 0) is 6.42 Å². The van der Waals surface area contributed by atoms with E-state index in [2.05, 4.69) is 20.8 Å². The molecule has 3 heteroatoms. The Morgan fingerprint density at radius 3 is 1.82 bits per heavy atom. The van der Waals surface area contributed by atoms with Crippen LogP contribution in [-0.2, 0) is 8.85 Å². The average molecular weight is 178 g/mol. The molecule has 0 radical (unpaired) electrons. The highest BCUT2D eigenvalue weighted by molar-refractivity contribution is 6.17. The predicted molar refractivity (Wildman–Crippen MR) is 52.4 cm³/mol. The van der Waals surface area contributed by atoms with Crippen LogP contribution in [0.3, 0.4) is 0 Å². The van der Waals surface area contributed by atoms with E-state index in [-0.39, 0.29) is 0 Å². The van der Waals surface area contributed by atoms with E-state index in [1.165, 1.54) is 12.8 Å². The second-order valence-corrected chi connectivity index (χ2v) is 3.54. The van der Waals surface area contributed by atoms with E-state index >= 15 is 0 Å². The summed E-state index contributed by atoms with van der Waals surface area (Å²) in [6, 6.07) is 0. The van der Waals surface area contributed by atoms with Crippen LogP contribution >= 0.6 is 0 Å². The molecule has 0 aliphatic heterocycles. The second kappa shape index (κ2) is 16.6. The van der Waals surface area contributed by atoms with Gasteiger partial charge in [-0.3, -0.25) is 0 Å². The van der Waals surface area contributed by atoms with Gasteiger partial charge in [-0.25, -0.2) is 0 Å². The van der Waals surface area contributed by atoms with Gasteiger partial charge < -0.3 is 8.85 Å². The molecule has 0 saturated carbocycles. The van der Waals surface area contributed by atoms with Crippen molar-refractivity contribution in [1.29, 1.82) is 0 Å². The fourth-order valence-corrected chi connectivity index (χ4v) is 0.860. The van der Waals surface area contributed by atoms with E-state index in [1.54, 1.807) is 7.11 Å². The highest BCUT2D eigenvalue weighted by Crippen LogP contribution is 1.76. The van der Waals surface area contributed by atoms with Crippen molar-refractivity contribution in [1.82, 2.24) is 0 Å². The Morgan fingerprint density at radius 1 is 1.00 bits per heavy atom. The summed E-state index contributed by atoms with van der Waals surface area (Å²) >= 11 is 0. The second-order valence-electron chi connectivity index (χ2n) is 2.31. The minimum atomic E-state index is -0.589. The molecular weight excluding hydrogens is 156 g/mol. The third-order valence-electron chi connectivity index (χ3n) is 1.05. The molecule has 0 aromatic carbocycles. The van der Waals surface area contributed by atoms with Gasteiger partial charge in [0.05, 0.1) is 0 Å². The summed E-state index contributed by atoms with van der Waals surface area (Å²) in [5.41, 5.74) is 0. The van der Waals surface area contributed by atoms with Crippen molar-refractivity contribution in [2.45, 2.75) is 40.0 Å². The topological polar surface area (TPSA) is 18.5 Å². The van der Waals surface area contributed by atoms with Crippen molar-refractivity contribution in [3.05, 3.63) is 0 Å². The summed E-state index contributed by atoms with van der Waals surface area (Å²) in [6.45, 7) is 7.31. The molecule has 70 valence electrons. The van der Waals surface area contributed by atoms with Crippen molar-refractivity contribution in [3.8, 4) is 0 Å². The summed E-state index contributed by atoms with van der Waals surface area (Å²) in [4.78, 5) is 0. The monoisotopic (exact) mass is 178 g/mol. The maximum absolute atomic E-state index is 5.05. The molecule has 0 unspecified atom stereocenters. The minimum Gasteiger partial charge on any atom is -0.402 e. The zero-order chi connectivity index (χ0) is 8.95. The number of rotatable bonds is 5. The molecule has 0 fully saturated rings. The van der Waals surface area contributed by atoms with Crippen LogP contribution in [0.2, 0.25) is 0 Å². The van der Waals surface area contributed by atoms with Crippen molar-refractivity contribution in [2.75, 3.05) is 13.7 Å². The van der Waals surface area contributed by atoms with Crippen LogP contribution in [0.15, 0.2) is 0 Å². The molecule has 0 aromatic heterocycles. The molecule has 0 spiro atoms. The minimum absolute atomic E-state index is 0.589. The molecule has 0 amide bonds. The first-order valence-corrected chi connectivity index (χ1v) is 5.55. The maximum atomic E-state index is 5.05. The van der Waals surface area contributed by atoms with Gasteiger partial charge in [0.25, 0.3) is 0 Å². The highest BCUT2D eigenvalue weighted by atomic mass is 28.3. The molecule has 0 atom stereocenters. The van der Waals surface area contributed by atoms with Crippen LogP contribution in [0.4, 0.5) is 0 Å². The molecule has 0 aliphatic carbocycles. The van der Waals surface area contributed by atoms with E-state index in [9.17, 15) is 0 Å². The van der Waals surface area contributed by atoms with Gasteiger partial charge in [0, 0.05) is 13.7 Å². The van der Waals surface area contributed by atoms with Crippen LogP contribution in [-0.4, -0.2) is 23.7 Å². The quantitative estimate of drug-likeness (QED) is 0.472. The number of hydrogen-bond acceptors (Lipinski definition) is 2. The van der Waals surface area contributed by atoms with Crippen molar-refractivity contribution in [2.24, 2.45) is 0 Å². The molecule has 0 bridgehead atoms. The highest BCUT2D eigenvalue weighted by Gasteiger charge is 1.79. The van der Waals surface area contributed by atoms with Gasteiger partial charge in [0.15, 0.2) is 0 Å². The smallest absolute Gasteiger partial charge is 0.304 e. The Hall–Kier alpha value is 0.137. The molecule has 11 heavy (non-hydrogen) atoms. The molecule has 2 nitrogen and oxygen atoms in total. The molecule has 0 aromatic rings. The van der Waals surface area contributed by atoms with E-state index in [0.717, 1.165) is 13.0 Å². The van der Waals surface area contributed by atoms with Gasteiger partial charge >= 0.3 is 10.0 Å². The SMILES string of the molecule is CCCC.CCCO[SiH2]OC. The van der Waals surface area contributed by atoms with Crippen LogP contribution in [0.1, 0.15) is 40.0 Å². The van der Waals surface area contributed by atoms with E-state index < -0.39 is 10.0 Å². The van der Waals surface area contributed by atoms with Gasteiger partial charge in [-0.1, -0.05) is 33.6 Å². The summed E-state index contributed by atoms with van der Waals surface area (Å²) < 4.78 is 9.81. The summed E-state index contributed by atoms with van der Waals surface area (Å²) in [5.74, 6) is 0. The Kier molecular flexibility index (Phi) is 20.7. The zero-order valence-electron chi connectivity index (χ0n) is 8.35.